The summed E-state index contributed by atoms with van der Waals surface area (Å²) in [6, 6.07) is 13.9. The summed E-state index contributed by atoms with van der Waals surface area (Å²) >= 11 is 0. The molecule has 2 N–H and O–H groups in total. The zero-order chi connectivity index (χ0) is 12.7. The fourth-order valence-corrected chi connectivity index (χ4v) is 2.46. The number of nitrogens with zero attached hydrogens (tertiary/aromatic N) is 1. The number of aromatic nitrogens is 1. The van der Waals surface area contributed by atoms with Crippen molar-refractivity contribution in [3.63, 3.8) is 0 Å². The predicted octanol–water partition coefficient (Wildman–Crippen LogP) is 2.97. The lowest BCUT2D eigenvalue weighted by Crippen LogP contribution is -2.05. The average molecular weight is 238 g/mol. The molecule has 1 aromatic heterocycles. The molecule has 90 valence electrons. The number of hydrogen-bond acceptors (Lipinski definition) is 2. The molecule has 0 aliphatic rings. The number of carbonyl (C=O) groups excluding carboxylic acids is 1. The first-order chi connectivity index (χ1) is 8.66. The molecule has 0 saturated heterocycles. The Labute approximate surface area is 105 Å². The highest BCUT2D eigenvalue weighted by Crippen LogP contribution is 2.30. The topological polar surface area (TPSA) is 48.0 Å². The maximum Gasteiger partial charge on any atom is 0.149 e. The highest BCUT2D eigenvalue weighted by atomic mass is 16.1. The third kappa shape index (κ3) is 1.56. The number of para-hydroxylation sites is 1. The third-order valence-corrected chi connectivity index (χ3v) is 3.18. The molecule has 0 saturated carbocycles. The molecular formula is C15H14N2O. The first-order valence-electron chi connectivity index (χ1n) is 5.93. The summed E-state index contributed by atoms with van der Waals surface area (Å²) in [5.41, 5.74) is 8.73. The minimum absolute atomic E-state index is 0.148. The second-order valence-electron chi connectivity index (χ2n) is 4.58. The van der Waals surface area contributed by atoms with Crippen LogP contribution < -0.4 is 5.73 Å². The molecule has 18 heavy (non-hydrogen) atoms. The molecule has 0 aliphatic heterocycles. The van der Waals surface area contributed by atoms with Crippen molar-refractivity contribution in [3.8, 4) is 0 Å². The number of rotatable bonds is 2. The number of hydrogen-bond donors (Lipinski definition) is 1. The molecule has 3 nitrogen and oxygen atoms in total. The van der Waals surface area contributed by atoms with Crippen LogP contribution in [0.2, 0.25) is 0 Å². The summed E-state index contributed by atoms with van der Waals surface area (Å²) in [5.74, 6) is 0.148. The SMILES string of the molecule is CC(=O)Cn1c2ccccc2c2cc(N)ccc21. The molecule has 0 bridgehead atoms. The van der Waals surface area contributed by atoms with Crippen LogP contribution in [0.1, 0.15) is 6.92 Å². The summed E-state index contributed by atoms with van der Waals surface area (Å²) in [6.07, 6.45) is 0. The van der Waals surface area contributed by atoms with E-state index in [2.05, 4.69) is 6.07 Å². The fraction of sp³-hybridized carbons (Fsp3) is 0.133. The van der Waals surface area contributed by atoms with Gasteiger partial charge in [0.2, 0.25) is 0 Å². The molecule has 3 aromatic rings. The number of anilines is 1. The minimum atomic E-state index is 0.148. The number of carbonyl (C=O) groups is 1. The molecule has 3 heteroatoms. The Morgan fingerprint density at radius 1 is 1.11 bits per heavy atom. The van der Waals surface area contributed by atoms with Gasteiger partial charge in [-0.25, -0.2) is 0 Å². The summed E-state index contributed by atoms with van der Waals surface area (Å²) in [5, 5.41) is 2.24. The molecule has 0 unspecified atom stereocenters. The molecule has 0 atom stereocenters. The van der Waals surface area contributed by atoms with Gasteiger partial charge in [0.05, 0.1) is 6.54 Å². The number of benzene rings is 2. The third-order valence-electron chi connectivity index (χ3n) is 3.18. The number of Topliss-reactive ketones (excluding diaryl/α,β-unsaturated/α-hetero) is 1. The van der Waals surface area contributed by atoms with Crippen LogP contribution in [0.15, 0.2) is 42.5 Å². The molecule has 3 rings (SSSR count). The van der Waals surface area contributed by atoms with Crippen molar-refractivity contribution >= 4 is 33.3 Å². The Hall–Kier alpha value is -2.29. The van der Waals surface area contributed by atoms with E-state index in [1.54, 1.807) is 6.92 Å². The van der Waals surface area contributed by atoms with Crippen LogP contribution in [0, 0.1) is 0 Å². The smallest absolute Gasteiger partial charge is 0.149 e. The Morgan fingerprint density at radius 3 is 2.61 bits per heavy atom. The van der Waals surface area contributed by atoms with E-state index < -0.39 is 0 Å². The highest BCUT2D eigenvalue weighted by molar-refractivity contribution is 6.09. The Kier molecular flexibility index (Phi) is 2.33. The molecule has 0 fully saturated rings. The van der Waals surface area contributed by atoms with Gasteiger partial charge < -0.3 is 10.3 Å². The van der Waals surface area contributed by atoms with Crippen LogP contribution in [0.5, 0.6) is 0 Å². The molecule has 2 aromatic carbocycles. The average Bonchev–Trinajstić information content (AvgIpc) is 2.64. The number of fused-ring (bicyclic) bond motifs is 3. The van der Waals surface area contributed by atoms with Crippen molar-refractivity contribution in [3.05, 3.63) is 42.5 Å². The van der Waals surface area contributed by atoms with Gasteiger partial charge in [0, 0.05) is 27.5 Å². The van der Waals surface area contributed by atoms with Crippen molar-refractivity contribution in [2.75, 3.05) is 5.73 Å². The quantitative estimate of drug-likeness (QED) is 0.698. The van der Waals surface area contributed by atoms with Crippen LogP contribution in [0.25, 0.3) is 21.8 Å². The first-order valence-corrected chi connectivity index (χ1v) is 5.93. The maximum atomic E-state index is 11.4. The van der Waals surface area contributed by atoms with Gasteiger partial charge in [-0.2, -0.15) is 0 Å². The van der Waals surface area contributed by atoms with Gasteiger partial charge in [-0.05, 0) is 31.2 Å². The number of ketones is 1. The van der Waals surface area contributed by atoms with Crippen LogP contribution in [-0.4, -0.2) is 10.4 Å². The van der Waals surface area contributed by atoms with Crippen LogP contribution in [-0.2, 0) is 11.3 Å². The molecule has 1 heterocycles. The van der Waals surface area contributed by atoms with Gasteiger partial charge in [-0.3, -0.25) is 4.79 Å². The first kappa shape index (κ1) is 10.8. The Bertz CT molecular complexity index is 756. The summed E-state index contributed by atoms with van der Waals surface area (Å²) in [6.45, 7) is 2.01. The van der Waals surface area contributed by atoms with E-state index in [1.807, 2.05) is 41.0 Å². The molecular weight excluding hydrogens is 224 g/mol. The van der Waals surface area contributed by atoms with E-state index in [4.69, 9.17) is 5.73 Å². The van der Waals surface area contributed by atoms with Gasteiger partial charge in [-0.15, -0.1) is 0 Å². The van der Waals surface area contributed by atoms with E-state index in [9.17, 15) is 4.79 Å². The van der Waals surface area contributed by atoms with Crippen molar-refractivity contribution in [2.45, 2.75) is 13.5 Å². The normalized spacial score (nSPS) is 11.2. The monoisotopic (exact) mass is 238 g/mol. The van der Waals surface area contributed by atoms with E-state index in [1.165, 1.54) is 0 Å². The van der Waals surface area contributed by atoms with Crippen LogP contribution in [0.4, 0.5) is 5.69 Å². The zero-order valence-corrected chi connectivity index (χ0v) is 10.2. The Morgan fingerprint density at radius 2 is 1.83 bits per heavy atom. The maximum absolute atomic E-state index is 11.4. The Balaban J connectivity index is 2.45. The predicted molar refractivity (Wildman–Crippen MR) is 74.5 cm³/mol. The molecule has 0 radical (unpaired) electrons. The number of nitrogen functional groups attached to an aromatic ring is 1. The second-order valence-corrected chi connectivity index (χ2v) is 4.58. The van der Waals surface area contributed by atoms with E-state index in [0.717, 1.165) is 27.5 Å². The van der Waals surface area contributed by atoms with Crippen molar-refractivity contribution in [1.82, 2.24) is 4.57 Å². The fourth-order valence-electron chi connectivity index (χ4n) is 2.46. The molecule has 0 aliphatic carbocycles. The summed E-state index contributed by atoms with van der Waals surface area (Å²) in [4.78, 5) is 11.4. The van der Waals surface area contributed by atoms with Gasteiger partial charge in [0.15, 0.2) is 0 Å². The minimum Gasteiger partial charge on any atom is -0.399 e. The summed E-state index contributed by atoms with van der Waals surface area (Å²) in [7, 11) is 0. The van der Waals surface area contributed by atoms with Crippen molar-refractivity contribution in [2.24, 2.45) is 0 Å². The van der Waals surface area contributed by atoms with Crippen LogP contribution >= 0.6 is 0 Å². The van der Waals surface area contributed by atoms with E-state index in [0.29, 0.717) is 6.54 Å². The standard InChI is InChI=1S/C15H14N2O/c1-10(18)9-17-14-5-3-2-4-12(14)13-8-11(16)6-7-15(13)17/h2-8H,9,16H2,1H3. The van der Waals surface area contributed by atoms with Gasteiger partial charge in [0.25, 0.3) is 0 Å². The number of nitrogens with two attached hydrogens (primary N) is 1. The largest absolute Gasteiger partial charge is 0.399 e. The van der Waals surface area contributed by atoms with Gasteiger partial charge in [-0.1, -0.05) is 18.2 Å². The zero-order valence-electron chi connectivity index (χ0n) is 10.2. The second kappa shape index (κ2) is 3.88. The van der Waals surface area contributed by atoms with E-state index >= 15 is 0 Å². The molecule has 0 amide bonds. The molecule has 0 spiro atoms. The van der Waals surface area contributed by atoms with Gasteiger partial charge in [0.1, 0.15) is 5.78 Å². The van der Waals surface area contributed by atoms with Gasteiger partial charge >= 0.3 is 0 Å². The lowest BCUT2D eigenvalue weighted by atomic mass is 10.1. The van der Waals surface area contributed by atoms with Crippen molar-refractivity contribution < 1.29 is 4.79 Å². The van der Waals surface area contributed by atoms with Crippen molar-refractivity contribution in [1.29, 1.82) is 0 Å². The van der Waals surface area contributed by atoms with Crippen LogP contribution in [0.3, 0.4) is 0 Å². The van der Waals surface area contributed by atoms with E-state index in [-0.39, 0.29) is 5.78 Å². The highest BCUT2D eigenvalue weighted by Gasteiger charge is 2.11. The lowest BCUT2D eigenvalue weighted by Gasteiger charge is -2.04. The summed E-state index contributed by atoms with van der Waals surface area (Å²) < 4.78 is 2.05. The lowest BCUT2D eigenvalue weighted by molar-refractivity contribution is -0.117.